The maximum Gasteiger partial charge on any atom is 0.265 e. The van der Waals surface area contributed by atoms with Crippen LogP contribution < -0.4 is 5.32 Å². The van der Waals surface area contributed by atoms with Crippen molar-refractivity contribution in [2.75, 3.05) is 5.32 Å². The monoisotopic (exact) mass is 236 g/mol. The molecule has 0 aliphatic heterocycles. The Morgan fingerprint density at radius 3 is 2.61 bits per heavy atom. The molecule has 0 spiro atoms. The van der Waals surface area contributed by atoms with Crippen molar-refractivity contribution >= 4 is 22.4 Å². The van der Waals surface area contributed by atoms with Crippen LogP contribution in [0, 0.1) is 11.3 Å². The van der Waals surface area contributed by atoms with Crippen LogP contribution in [0.1, 0.15) is 6.92 Å². The normalized spacial score (nSPS) is 11.0. The van der Waals surface area contributed by atoms with Crippen LogP contribution in [-0.4, -0.2) is 5.91 Å². The summed E-state index contributed by atoms with van der Waals surface area (Å²) in [6.45, 7) is 1.67. The minimum absolute atomic E-state index is 0.114. The van der Waals surface area contributed by atoms with Crippen LogP contribution in [0.15, 0.2) is 54.1 Å². The zero-order chi connectivity index (χ0) is 13.0. The third-order valence-electron chi connectivity index (χ3n) is 2.66. The first kappa shape index (κ1) is 11.9. The maximum absolute atomic E-state index is 11.7. The summed E-state index contributed by atoms with van der Waals surface area (Å²) in [5.74, 6) is -0.379. The highest BCUT2D eigenvalue weighted by Crippen LogP contribution is 2.19. The van der Waals surface area contributed by atoms with Crippen molar-refractivity contribution in [3.63, 3.8) is 0 Å². The van der Waals surface area contributed by atoms with Gasteiger partial charge < -0.3 is 5.32 Å². The smallest absolute Gasteiger partial charge is 0.265 e. The molecular formula is C15H12N2O. The van der Waals surface area contributed by atoms with E-state index in [4.69, 9.17) is 5.26 Å². The zero-order valence-corrected chi connectivity index (χ0v) is 9.97. The van der Waals surface area contributed by atoms with Crippen molar-refractivity contribution in [3.05, 3.63) is 54.1 Å². The number of hydrogen-bond acceptors (Lipinski definition) is 2. The third kappa shape index (κ3) is 2.38. The molecule has 1 amide bonds. The van der Waals surface area contributed by atoms with Crippen LogP contribution in [0.25, 0.3) is 10.8 Å². The fourth-order valence-corrected chi connectivity index (χ4v) is 1.71. The summed E-state index contributed by atoms with van der Waals surface area (Å²) >= 11 is 0. The molecule has 0 unspecified atom stereocenters. The van der Waals surface area contributed by atoms with Crippen LogP contribution in [-0.2, 0) is 4.79 Å². The summed E-state index contributed by atoms with van der Waals surface area (Å²) < 4.78 is 0. The fourth-order valence-electron chi connectivity index (χ4n) is 1.71. The predicted molar refractivity (Wildman–Crippen MR) is 71.9 cm³/mol. The number of nitriles is 1. The highest BCUT2D eigenvalue weighted by atomic mass is 16.1. The van der Waals surface area contributed by atoms with Crippen LogP contribution in [0.4, 0.5) is 5.69 Å². The molecule has 2 rings (SSSR count). The van der Waals surface area contributed by atoms with Crippen molar-refractivity contribution in [2.45, 2.75) is 6.92 Å². The number of nitrogens with one attached hydrogen (secondary N) is 1. The lowest BCUT2D eigenvalue weighted by Gasteiger charge is -2.05. The van der Waals surface area contributed by atoms with Gasteiger partial charge >= 0.3 is 0 Å². The molecule has 0 radical (unpaired) electrons. The molecule has 0 saturated carbocycles. The van der Waals surface area contributed by atoms with Gasteiger partial charge in [0.1, 0.15) is 11.6 Å². The van der Waals surface area contributed by atoms with Crippen molar-refractivity contribution in [1.29, 1.82) is 5.26 Å². The Hall–Kier alpha value is -2.60. The van der Waals surface area contributed by atoms with Gasteiger partial charge in [0, 0.05) is 5.69 Å². The average molecular weight is 236 g/mol. The van der Waals surface area contributed by atoms with Crippen molar-refractivity contribution in [1.82, 2.24) is 0 Å². The summed E-state index contributed by atoms with van der Waals surface area (Å²) in [5, 5.41) is 13.6. The number of benzene rings is 2. The summed E-state index contributed by atoms with van der Waals surface area (Å²) in [4.78, 5) is 11.7. The Balaban J connectivity index is 2.28. The first-order chi connectivity index (χ1) is 8.74. The van der Waals surface area contributed by atoms with Gasteiger partial charge in [-0.1, -0.05) is 36.4 Å². The quantitative estimate of drug-likeness (QED) is 0.642. The minimum atomic E-state index is -0.379. The van der Waals surface area contributed by atoms with E-state index in [9.17, 15) is 4.79 Å². The molecule has 0 heterocycles. The molecule has 2 aromatic carbocycles. The summed E-state index contributed by atoms with van der Waals surface area (Å²) in [5.41, 5.74) is 0.802. The van der Waals surface area contributed by atoms with Crippen molar-refractivity contribution < 1.29 is 4.79 Å². The lowest BCUT2D eigenvalue weighted by Crippen LogP contribution is -2.13. The van der Waals surface area contributed by atoms with Gasteiger partial charge in [-0.2, -0.15) is 5.26 Å². The molecule has 0 bridgehead atoms. The number of anilines is 1. The second-order valence-electron chi connectivity index (χ2n) is 3.83. The van der Waals surface area contributed by atoms with Crippen LogP contribution in [0.5, 0.6) is 0 Å². The molecule has 88 valence electrons. The number of rotatable bonds is 2. The molecule has 18 heavy (non-hydrogen) atoms. The van der Waals surface area contributed by atoms with Gasteiger partial charge in [0.2, 0.25) is 0 Å². The first-order valence-electron chi connectivity index (χ1n) is 5.61. The van der Waals surface area contributed by atoms with Crippen molar-refractivity contribution in [3.8, 4) is 6.07 Å². The van der Waals surface area contributed by atoms with Gasteiger partial charge in [-0.15, -0.1) is 0 Å². The van der Waals surface area contributed by atoms with Crippen LogP contribution in [0.2, 0.25) is 0 Å². The van der Waals surface area contributed by atoms with Crippen LogP contribution in [0.3, 0.4) is 0 Å². The fraction of sp³-hybridized carbons (Fsp3) is 0.0667. The Morgan fingerprint density at radius 2 is 1.94 bits per heavy atom. The lowest BCUT2D eigenvalue weighted by atomic mass is 10.1. The molecule has 0 aliphatic rings. The Bertz CT molecular complexity index is 665. The van der Waals surface area contributed by atoms with E-state index in [0.717, 1.165) is 10.8 Å². The van der Waals surface area contributed by atoms with E-state index >= 15 is 0 Å². The molecule has 0 saturated heterocycles. The van der Waals surface area contributed by atoms with E-state index in [2.05, 4.69) is 5.32 Å². The SMILES string of the molecule is C/C=C(/C#N)C(=O)Nc1ccc2ccccc2c1. The van der Waals surface area contributed by atoms with E-state index in [1.807, 2.05) is 48.5 Å². The van der Waals surface area contributed by atoms with Gasteiger partial charge in [-0.3, -0.25) is 4.79 Å². The molecule has 1 N–H and O–H groups in total. The lowest BCUT2D eigenvalue weighted by molar-refractivity contribution is -0.112. The van der Waals surface area contributed by atoms with E-state index in [-0.39, 0.29) is 11.5 Å². The topological polar surface area (TPSA) is 52.9 Å². The van der Waals surface area contributed by atoms with Gasteiger partial charge in [-0.25, -0.2) is 0 Å². The highest BCUT2D eigenvalue weighted by molar-refractivity contribution is 6.07. The number of amides is 1. The summed E-state index contributed by atoms with van der Waals surface area (Å²) in [6, 6.07) is 15.4. The molecule has 3 heteroatoms. The maximum atomic E-state index is 11.7. The molecule has 3 nitrogen and oxygen atoms in total. The highest BCUT2D eigenvalue weighted by Gasteiger charge is 2.07. The minimum Gasteiger partial charge on any atom is -0.321 e. The molecule has 0 fully saturated rings. The summed E-state index contributed by atoms with van der Waals surface area (Å²) in [6.07, 6.45) is 1.50. The molecule has 0 aliphatic carbocycles. The van der Waals surface area contributed by atoms with E-state index in [0.29, 0.717) is 5.69 Å². The molecule has 0 aromatic heterocycles. The number of carbonyl (C=O) groups excluding carboxylic acids is 1. The largest absolute Gasteiger partial charge is 0.321 e. The zero-order valence-electron chi connectivity index (χ0n) is 9.97. The van der Waals surface area contributed by atoms with E-state index < -0.39 is 0 Å². The van der Waals surface area contributed by atoms with Crippen molar-refractivity contribution in [2.24, 2.45) is 0 Å². The Kier molecular flexibility index (Phi) is 3.40. The third-order valence-corrected chi connectivity index (χ3v) is 2.66. The van der Waals surface area contributed by atoms with Crippen LogP contribution >= 0.6 is 0 Å². The Morgan fingerprint density at radius 1 is 1.22 bits per heavy atom. The number of hydrogen-bond donors (Lipinski definition) is 1. The number of fused-ring (bicyclic) bond motifs is 1. The van der Waals surface area contributed by atoms with Gasteiger partial charge in [-0.05, 0) is 29.8 Å². The molecule has 0 atom stereocenters. The van der Waals surface area contributed by atoms with E-state index in [1.165, 1.54) is 6.08 Å². The van der Waals surface area contributed by atoms with Gasteiger partial charge in [0.15, 0.2) is 0 Å². The predicted octanol–water partition coefficient (Wildman–Crippen LogP) is 3.25. The number of carbonyl (C=O) groups is 1. The Labute approximate surface area is 105 Å². The van der Waals surface area contributed by atoms with Gasteiger partial charge in [0.05, 0.1) is 0 Å². The molecule has 2 aromatic rings. The summed E-state index contributed by atoms with van der Waals surface area (Å²) in [7, 11) is 0. The first-order valence-corrected chi connectivity index (χ1v) is 5.61. The average Bonchev–Trinajstić information content (AvgIpc) is 2.40. The molecular weight excluding hydrogens is 224 g/mol. The standard InChI is InChI=1S/C15H12N2O/c1-2-11(10-16)15(18)17-14-8-7-12-5-3-4-6-13(12)9-14/h2-9H,1H3,(H,17,18)/b11-2-. The number of allylic oxidation sites excluding steroid dienone is 1. The van der Waals surface area contributed by atoms with E-state index in [1.54, 1.807) is 6.92 Å². The van der Waals surface area contributed by atoms with Gasteiger partial charge in [0.25, 0.3) is 5.91 Å². The second-order valence-corrected chi connectivity index (χ2v) is 3.83. The second kappa shape index (κ2) is 5.15. The number of nitrogens with zero attached hydrogens (tertiary/aromatic N) is 1.